The molecule has 1 aliphatic heterocycles. The average molecular weight is 346 g/mol. The molecule has 0 spiro atoms. The van der Waals surface area contributed by atoms with Gasteiger partial charge in [0.2, 0.25) is 0 Å². The van der Waals surface area contributed by atoms with Crippen LogP contribution in [0.25, 0.3) is 22.0 Å². The lowest BCUT2D eigenvalue weighted by Crippen LogP contribution is -2.29. The van der Waals surface area contributed by atoms with Gasteiger partial charge in [0.25, 0.3) is 0 Å². The molecule has 1 fully saturated rings. The molecule has 2 aromatic carbocycles. The van der Waals surface area contributed by atoms with Crippen molar-refractivity contribution in [3.63, 3.8) is 0 Å². The highest BCUT2D eigenvalue weighted by molar-refractivity contribution is 5.95. The summed E-state index contributed by atoms with van der Waals surface area (Å²) < 4.78 is 0. The topological polar surface area (TPSA) is 36.1 Å². The molecule has 2 heterocycles. The van der Waals surface area contributed by atoms with Crippen LogP contribution in [0, 0.1) is 0 Å². The summed E-state index contributed by atoms with van der Waals surface area (Å²) in [5, 5.41) is 1.24. The lowest BCUT2D eigenvalue weighted by molar-refractivity contribution is 0.101. The number of carbonyl (C=O) groups excluding carboxylic acids is 1. The van der Waals surface area contributed by atoms with Crippen LogP contribution in [0.1, 0.15) is 42.7 Å². The van der Waals surface area contributed by atoms with Crippen molar-refractivity contribution in [3.05, 3.63) is 59.8 Å². The zero-order valence-electron chi connectivity index (χ0n) is 15.6. The van der Waals surface area contributed by atoms with Gasteiger partial charge in [0.15, 0.2) is 5.78 Å². The van der Waals surface area contributed by atoms with E-state index in [9.17, 15) is 4.79 Å². The van der Waals surface area contributed by atoms with Gasteiger partial charge in [-0.25, -0.2) is 0 Å². The Hall–Kier alpha value is -2.39. The Bertz CT molecular complexity index is 940. The molecule has 1 N–H and O–H groups in total. The fraction of sp³-hybridized carbons (Fsp3) is 0.348. The number of Topliss-reactive ketones (excluding diaryl/α,β-unsaturated/α-hetero) is 1. The number of H-pyrrole nitrogens is 1. The molecule has 0 aliphatic carbocycles. The van der Waals surface area contributed by atoms with Gasteiger partial charge in [-0.1, -0.05) is 24.3 Å². The Morgan fingerprint density at radius 2 is 2.00 bits per heavy atom. The molecule has 4 rings (SSSR count). The van der Waals surface area contributed by atoms with Crippen LogP contribution in [-0.2, 0) is 6.42 Å². The Morgan fingerprint density at radius 1 is 1.15 bits per heavy atom. The lowest BCUT2D eigenvalue weighted by Gasteiger charge is -2.20. The SMILES string of the molecule is CC(=O)c1cccc(-c2ccc3[nH]c(CCN4CCCC4C)cc3c2)c1. The van der Waals surface area contributed by atoms with Crippen LogP contribution in [0.2, 0.25) is 0 Å². The molecule has 0 radical (unpaired) electrons. The number of aromatic nitrogens is 1. The molecule has 0 amide bonds. The van der Waals surface area contributed by atoms with E-state index >= 15 is 0 Å². The van der Waals surface area contributed by atoms with Gasteiger partial charge in [-0.15, -0.1) is 0 Å². The molecule has 1 aliphatic rings. The monoisotopic (exact) mass is 346 g/mol. The van der Waals surface area contributed by atoms with Crippen LogP contribution in [0.5, 0.6) is 0 Å². The van der Waals surface area contributed by atoms with E-state index in [1.165, 1.54) is 36.0 Å². The molecular formula is C23H26N2O. The number of benzene rings is 2. The van der Waals surface area contributed by atoms with Crippen LogP contribution in [-0.4, -0.2) is 34.8 Å². The van der Waals surface area contributed by atoms with Crippen molar-refractivity contribution < 1.29 is 4.79 Å². The van der Waals surface area contributed by atoms with Gasteiger partial charge >= 0.3 is 0 Å². The predicted octanol–water partition coefficient (Wildman–Crippen LogP) is 5.06. The van der Waals surface area contributed by atoms with Crippen molar-refractivity contribution in [2.75, 3.05) is 13.1 Å². The van der Waals surface area contributed by atoms with E-state index < -0.39 is 0 Å². The fourth-order valence-corrected chi connectivity index (χ4v) is 4.01. The summed E-state index contributed by atoms with van der Waals surface area (Å²) >= 11 is 0. The van der Waals surface area contributed by atoms with Gasteiger partial charge in [-0.2, -0.15) is 0 Å². The number of nitrogens with zero attached hydrogens (tertiary/aromatic N) is 1. The van der Waals surface area contributed by atoms with Crippen LogP contribution < -0.4 is 0 Å². The van der Waals surface area contributed by atoms with E-state index in [2.05, 4.69) is 47.1 Å². The minimum atomic E-state index is 0.105. The standard InChI is InChI=1S/C23H26N2O/c1-16-5-4-11-25(16)12-10-22-15-21-14-20(8-9-23(21)24-22)19-7-3-6-18(13-19)17(2)26/h3,6-9,13-16,24H,4-5,10-12H2,1-2H3. The largest absolute Gasteiger partial charge is 0.358 e. The molecule has 3 nitrogen and oxygen atoms in total. The number of nitrogens with one attached hydrogen (secondary N) is 1. The second-order valence-electron chi connectivity index (χ2n) is 7.51. The Kier molecular flexibility index (Phi) is 4.64. The Morgan fingerprint density at radius 3 is 2.77 bits per heavy atom. The number of ketones is 1. The number of likely N-dealkylation sites (tertiary alicyclic amines) is 1. The molecule has 1 saturated heterocycles. The van der Waals surface area contributed by atoms with E-state index in [4.69, 9.17) is 0 Å². The fourth-order valence-electron chi connectivity index (χ4n) is 4.01. The summed E-state index contributed by atoms with van der Waals surface area (Å²) in [5.74, 6) is 0.105. The molecule has 3 aromatic rings. The van der Waals surface area contributed by atoms with E-state index in [1.807, 2.05) is 18.2 Å². The highest BCUT2D eigenvalue weighted by Crippen LogP contribution is 2.26. The average Bonchev–Trinajstić information content (AvgIpc) is 3.24. The van der Waals surface area contributed by atoms with Crippen molar-refractivity contribution in [2.24, 2.45) is 0 Å². The van der Waals surface area contributed by atoms with Crippen LogP contribution >= 0.6 is 0 Å². The van der Waals surface area contributed by atoms with E-state index in [-0.39, 0.29) is 5.78 Å². The minimum Gasteiger partial charge on any atom is -0.358 e. The van der Waals surface area contributed by atoms with Gasteiger partial charge in [0, 0.05) is 41.2 Å². The summed E-state index contributed by atoms with van der Waals surface area (Å²) in [7, 11) is 0. The summed E-state index contributed by atoms with van der Waals surface area (Å²) in [6.07, 6.45) is 3.72. The zero-order chi connectivity index (χ0) is 18.1. The molecular weight excluding hydrogens is 320 g/mol. The number of rotatable bonds is 5. The van der Waals surface area contributed by atoms with Crippen molar-refractivity contribution >= 4 is 16.7 Å². The summed E-state index contributed by atoms with van der Waals surface area (Å²) in [6.45, 7) is 6.31. The van der Waals surface area contributed by atoms with Crippen LogP contribution in [0.15, 0.2) is 48.5 Å². The second-order valence-corrected chi connectivity index (χ2v) is 7.51. The van der Waals surface area contributed by atoms with Crippen molar-refractivity contribution in [1.82, 2.24) is 9.88 Å². The number of hydrogen-bond acceptors (Lipinski definition) is 2. The number of fused-ring (bicyclic) bond motifs is 1. The molecule has 26 heavy (non-hydrogen) atoms. The van der Waals surface area contributed by atoms with Gasteiger partial charge in [0.05, 0.1) is 0 Å². The molecule has 0 bridgehead atoms. The van der Waals surface area contributed by atoms with Gasteiger partial charge in [-0.3, -0.25) is 4.79 Å². The van der Waals surface area contributed by atoms with Crippen LogP contribution in [0.4, 0.5) is 0 Å². The van der Waals surface area contributed by atoms with Gasteiger partial charge in [0.1, 0.15) is 0 Å². The minimum absolute atomic E-state index is 0.105. The quantitative estimate of drug-likeness (QED) is 0.655. The Labute approximate surface area is 155 Å². The lowest BCUT2D eigenvalue weighted by atomic mass is 10.0. The first-order valence-electron chi connectivity index (χ1n) is 9.57. The summed E-state index contributed by atoms with van der Waals surface area (Å²) in [5.41, 5.74) is 5.49. The van der Waals surface area contributed by atoms with Crippen molar-refractivity contribution in [3.8, 4) is 11.1 Å². The van der Waals surface area contributed by atoms with Crippen LogP contribution in [0.3, 0.4) is 0 Å². The maximum atomic E-state index is 11.6. The van der Waals surface area contributed by atoms with Gasteiger partial charge < -0.3 is 9.88 Å². The first-order valence-corrected chi connectivity index (χ1v) is 9.57. The van der Waals surface area contributed by atoms with E-state index in [1.54, 1.807) is 6.92 Å². The first kappa shape index (κ1) is 17.0. The third-order valence-corrected chi connectivity index (χ3v) is 5.64. The highest BCUT2D eigenvalue weighted by Gasteiger charge is 2.19. The van der Waals surface area contributed by atoms with Gasteiger partial charge in [-0.05, 0) is 68.6 Å². The zero-order valence-corrected chi connectivity index (χ0v) is 15.6. The maximum absolute atomic E-state index is 11.6. The van der Waals surface area contributed by atoms with E-state index in [0.29, 0.717) is 0 Å². The first-order chi connectivity index (χ1) is 12.6. The third kappa shape index (κ3) is 3.45. The summed E-state index contributed by atoms with van der Waals surface area (Å²) in [4.78, 5) is 17.8. The number of aromatic amines is 1. The third-order valence-electron chi connectivity index (χ3n) is 5.64. The van der Waals surface area contributed by atoms with E-state index in [0.717, 1.165) is 35.7 Å². The van der Waals surface area contributed by atoms with Crippen molar-refractivity contribution in [2.45, 2.75) is 39.2 Å². The smallest absolute Gasteiger partial charge is 0.159 e. The molecule has 134 valence electrons. The Balaban J connectivity index is 1.56. The molecule has 0 saturated carbocycles. The number of hydrogen-bond donors (Lipinski definition) is 1. The maximum Gasteiger partial charge on any atom is 0.159 e. The molecule has 1 unspecified atom stereocenters. The highest BCUT2D eigenvalue weighted by atomic mass is 16.1. The normalized spacial score (nSPS) is 17.8. The second kappa shape index (κ2) is 7.08. The number of carbonyl (C=O) groups is 1. The van der Waals surface area contributed by atoms with Crippen molar-refractivity contribution in [1.29, 1.82) is 0 Å². The molecule has 1 atom stereocenters. The summed E-state index contributed by atoms with van der Waals surface area (Å²) in [6, 6.07) is 17.4. The molecule has 1 aromatic heterocycles. The molecule has 3 heteroatoms. The predicted molar refractivity (Wildman–Crippen MR) is 108 cm³/mol.